The van der Waals surface area contributed by atoms with Gasteiger partial charge in [0.1, 0.15) is 0 Å². The van der Waals surface area contributed by atoms with Crippen molar-refractivity contribution >= 4 is 115 Å². The summed E-state index contributed by atoms with van der Waals surface area (Å²) >= 11 is 0. The van der Waals surface area contributed by atoms with Gasteiger partial charge in [-0.1, -0.05) is 234 Å². The van der Waals surface area contributed by atoms with Gasteiger partial charge in [0.05, 0.1) is 0 Å². The SMILES string of the molecule is Cc1cc2c3c(c1)N(c1ccc4c(c1)[Si](c1ccccc1)(c1ccccc1)c1ccccc1-4)c1ccc(C(C)C)cc1B3c1cc(C(C)C)ccc1N2c1ccc2c(c1)[Si](c1ccccc1)(c1ccccc1)c1ccccc1-2. The molecule has 0 N–H and O–H groups in total. The van der Waals surface area contributed by atoms with Gasteiger partial charge in [0.25, 0.3) is 6.71 Å². The van der Waals surface area contributed by atoms with E-state index in [2.05, 4.69) is 299 Å². The highest BCUT2D eigenvalue weighted by atomic mass is 28.3. The van der Waals surface area contributed by atoms with Crippen LogP contribution in [0.3, 0.4) is 0 Å². The average Bonchev–Trinajstić information content (AvgIpc) is 4.14. The Balaban J connectivity index is 1.01. The lowest BCUT2D eigenvalue weighted by atomic mass is 9.33. The van der Waals surface area contributed by atoms with Gasteiger partial charge in [0, 0.05) is 34.1 Å². The molecular formula is C73H59BN2Si2. The summed E-state index contributed by atoms with van der Waals surface area (Å²) in [7, 11) is -5.61. The third-order valence-corrected chi connectivity index (χ3v) is 27.7. The zero-order valence-corrected chi connectivity index (χ0v) is 46.9. The summed E-state index contributed by atoms with van der Waals surface area (Å²) in [5.74, 6) is 0.723. The molecule has 0 atom stereocenters. The first-order valence-electron chi connectivity index (χ1n) is 28.0. The third kappa shape index (κ3) is 6.55. The molecule has 372 valence electrons. The topological polar surface area (TPSA) is 6.48 Å². The lowest BCUT2D eigenvalue weighted by molar-refractivity contribution is 0.867. The van der Waals surface area contributed by atoms with Gasteiger partial charge >= 0.3 is 0 Å². The van der Waals surface area contributed by atoms with Gasteiger partial charge in [-0.3, -0.25) is 0 Å². The number of hydrogen-bond donors (Lipinski definition) is 0. The molecule has 0 bridgehead atoms. The van der Waals surface area contributed by atoms with Crippen molar-refractivity contribution in [1.29, 1.82) is 0 Å². The molecule has 4 aliphatic heterocycles. The summed E-state index contributed by atoms with van der Waals surface area (Å²) < 4.78 is 0. The van der Waals surface area contributed by atoms with Crippen molar-refractivity contribution in [2.45, 2.75) is 46.5 Å². The lowest BCUT2D eigenvalue weighted by Crippen LogP contribution is -2.72. The maximum absolute atomic E-state index is 2.80. The number of rotatable bonds is 8. The minimum Gasteiger partial charge on any atom is -0.311 e. The van der Waals surface area contributed by atoms with E-state index in [-0.39, 0.29) is 6.71 Å². The molecule has 2 nitrogen and oxygen atoms in total. The van der Waals surface area contributed by atoms with E-state index in [0.717, 1.165) is 0 Å². The molecule has 78 heavy (non-hydrogen) atoms. The smallest absolute Gasteiger partial charge is 0.252 e. The molecule has 4 aliphatic rings. The van der Waals surface area contributed by atoms with Gasteiger partial charge in [-0.25, -0.2) is 0 Å². The van der Waals surface area contributed by atoms with E-state index in [1.54, 1.807) is 0 Å². The fourth-order valence-electron chi connectivity index (χ4n) is 14.6. The molecule has 15 rings (SSSR count). The molecule has 0 saturated carbocycles. The van der Waals surface area contributed by atoms with Crippen LogP contribution in [-0.4, -0.2) is 22.9 Å². The first-order chi connectivity index (χ1) is 38.3. The molecule has 11 aromatic rings. The van der Waals surface area contributed by atoms with E-state index >= 15 is 0 Å². The molecule has 11 aromatic carbocycles. The molecule has 0 fully saturated rings. The van der Waals surface area contributed by atoms with Crippen molar-refractivity contribution in [3.8, 4) is 22.3 Å². The van der Waals surface area contributed by atoms with Crippen LogP contribution >= 0.6 is 0 Å². The molecular weight excluding hydrogens is 972 g/mol. The van der Waals surface area contributed by atoms with Crippen molar-refractivity contribution in [1.82, 2.24) is 0 Å². The zero-order valence-electron chi connectivity index (χ0n) is 44.9. The van der Waals surface area contributed by atoms with Gasteiger partial charge in [-0.2, -0.15) is 0 Å². The summed E-state index contributed by atoms with van der Waals surface area (Å²) in [4.78, 5) is 5.30. The lowest BCUT2D eigenvalue weighted by Gasteiger charge is -2.45. The highest BCUT2D eigenvalue weighted by Gasteiger charge is 2.52. The van der Waals surface area contributed by atoms with Crippen LogP contribution in [0.2, 0.25) is 0 Å². The van der Waals surface area contributed by atoms with E-state index in [1.165, 1.54) is 131 Å². The van der Waals surface area contributed by atoms with Crippen LogP contribution in [0.5, 0.6) is 0 Å². The molecule has 0 spiro atoms. The fraction of sp³-hybridized carbons (Fsp3) is 0.0959. The van der Waals surface area contributed by atoms with Gasteiger partial charge < -0.3 is 9.80 Å². The summed E-state index contributed by atoms with van der Waals surface area (Å²) in [5.41, 5.74) is 20.8. The van der Waals surface area contributed by atoms with Crippen LogP contribution in [0.25, 0.3) is 22.3 Å². The van der Waals surface area contributed by atoms with Crippen molar-refractivity contribution in [2.75, 3.05) is 9.80 Å². The quantitative estimate of drug-likeness (QED) is 0.140. The van der Waals surface area contributed by atoms with Gasteiger partial charge in [-0.15, -0.1) is 0 Å². The van der Waals surface area contributed by atoms with Crippen molar-refractivity contribution in [3.05, 3.63) is 271 Å². The van der Waals surface area contributed by atoms with E-state index in [9.17, 15) is 0 Å². The van der Waals surface area contributed by atoms with Crippen LogP contribution in [0, 0.1) is 6.92 Å². The maximum atomic E-state index is 2.65. The van der Waals surface area contributed by atoms with E-state index in [0.29, 0.717) is 11.8 Å². The predicted molar refractivity (Wildman–Crippen MR) is 339 cm³/mol. The van der Waals surface area contributed by atoms with E-state index in [1.807, 2.05) is 0 Å². The second-order valence-corrected chi connectivity index (χ2v) is 30.2. The van der Waals surface area contributed by atoms with Crippen LogP contribution in [-0.2, 0) is 0 Å². The summed E-state index contributed by atoms with van der Waals surface area (Å²) in [5, 5.41) is 11.4. The molecule has 0 aliphatic carbocycles. The van der Waals surface area contributed by atoms with Crippen LogP contribution in [0.4, 0.5) is 34.1 Å². The second-order valence-electron chi connectivity index (χ2n) is 22.8. The van der Waals surface area contributed by atoms with Crippen molar-refractivity contribution in [3.63, 3.8) is 0 Å². The number of aryl methyl sites for hydroxylation is 1. The number of fused-ring (bicyclic) bond motifs is 10. The van der Waals surface area contributed by atoms with E-state index in [4.69, 9.17) is 0 Å². The third-order valence-electron chi connectivity index (χ3n) is 18.0. The number of anilines is 6. The largest absolute Gasteiger partial charge is 0.311 e. The van der Waals surface area contributed by atoms with Gasteiger partial charge in [0.15, 0.2) is 16.1 Å². The van der Waals surface area contributed by atoms with Gasteiger partial charge in [-0.05, 0) is 164 Å². The minimum atomic E-state index is -2.80. The zero-order chi connectivity index (χ0) is 52.4. The monoisotopic (exact) mass is 1030 g/mol. The van der Waals surface area contributed by atoms with Crippen LogP contribution < -0.4 is 67.7 Å². The molecule has 0 unspecified atom stereocenters. The molecule has 0 amide bonds. The first kappa shape index (κ1) is 46.8. The summed E-state index contributed by atoms with van der Waals surface area (Å²) in [6.07, 6.45) is 0. The number of benzene rings is 11. The Morgan fingerprint density at radius 2 is 0.667 bits per heavy atom. The van der Waals surface area contributed by atoms with E-state index < -0.39 is 16.1 Å². The molecule has 0 aromatic heterocycles. The molecule has 5 heteroatoms. The van der Waals surface area contributed by atoms with Crippen LogP contribution in [0.15, 0.2) is 255 Å². The Bertz CT molecular complexity index is 3850. The van der Waals surface area contributed by atoms with Crippen molar-refractivity contribution < 1.29 is 0 Å². The Labute approximate surface area is 462 Å². The van der Waals surface area contributed by atoms with Gasteiger partial charge in [0.2, 0.25) is 0 Å². The Kier molecular flexibility index (Phi) is 10.7. The minimum absolute atomic E-state index is 0.00655. The molecule has 4 heterocycles. The van der Waals surface area contributed by atoms with Crippen LogP contribution in [0.1, 0.15) is 56.2 Å². The number of nitrogens with zero attached hydrogens (tertiary/aromatic N) is 2. The number of hydrogen-bond acceptors (Lipinski definition) is 2. The Morgan fingerprint density at radius 3 is 1.04 bits per heavy atom. The summed E-state index contributed by atoms with van der Waals surface area (Å²) in [6, 6.07) is 99.0. The first-order valence-corrected chi connectivity index (χ1v) is 32.0. The average molecular weight is 1030 g/mol. The Hall–Kier alpha value is -8.48. The normalized spacial score (nSPS) is 14.6. The molecule has 0 radical (unpaired) electrons. The van der Waals surface area contributed by atoms with Crippen molar-refractivity contribution in [2.24, 2.45) is 0 Å². The maximum Gasteiger partial charge on any atom is 0.252 e. The fourth-order valence-corrected chi connectivity index (χ4v) is 25.0. The summed E-state index contributed by atoms with van der Waals surface area (Å²) in [6.45, 7) is 11.7. The Morgan fingerprint density at radius 1 is 0.321 bits per heavy atom. The molecule has 0 saturated heterocycles. The standard InChI is InChI=1S/C73H59BN2Si2/c1-48(2)51-34-40-65-63(44-51)74-64-45-52(49(3)4)35-41-66(64)76(54-37-39-62-60-31-19-21-33-70(60)78(72(62)47-54,57-26-14-8-15-27-57)58-28-16-9-17-29-58)68-43-50(5)42-67(73(68)74)75(65)53-36-38-61-59-30-18-20-32-69(59)77(71(61)46-53,55-22-10-6-11-23-55)56-24-12-7-13-25-56/h6-49H,1-5H3. The highest BCUT2D eigenvalue weighted by Crippen LogP contribution is 2.46. The second kappa shape index (κ2) is 17.8. The highest BCUT2D eigenvalue weighted by molar-refractivity contribution is 7.23. The predicted octanol–water partition coefficient (Wildman–Crippen LogP) is 11.0.